The predicted molar refractivity (Wildman–Crippen MR) is 44.5 cm³/mol. The number of rotatable bonds is 3. The van der Waals surface area contributed by atoms with Crippen LogP contribution in [0.4, 0.5) is 0 Å². The first-order chi connectivity index (χ1) is 3.31. The summed E-state index contributed by atoms with van der Waals surface area (Å²) < 4.78 is 0. The standard InChI is InChI=1S/C4H11PS2/c1-4-7-5(2)6-3/h4H2,1-3H3. The van der Waals surface area contributed by atoms with E-state index in [0.717, 1.165) is 0 Å². The second kappa shape index (κ2) is 5.27. The number of hydrogen-bond donors (Lipinski definition) is 0. The van der Waals surface area contributed by atoms with Gasteiger partial charge < -0.3 is 0 Å². The van der Waals surface area contributed by atoms with E-state index in [4.69, 9.17) is 0 Å². The van der Waals surface area contributed by atoms with E-state index in [1.807, 2.05) is 11.4 Å². The predicted octanol–water partition coefficient (Wildman–Crippen LogP) is 3.04. The third kappa shape index (κ3) is 4.99. The molecule has 0 amide bonds. The van der Waals surface area contributed by atoms with E-state index in [-0.39, 0.29) is 6.33 Å². The zero-order chi connectivity index (χ0) is 5.70. The molecule has 0 aliphatic heterocycles. The van der Waals surface area contributed by atoms with Crippen LogP contribution in [-0.2, 0) is 0 Å². The van der Waals surface area contributed by atoms with Crippen LogP contribution in [0.5, 0.6) is 0 Å². The normalized spacial score (nSPS) is 14.1. The average Bonchev–Trinajstić information content (AvgIpc) is 1.68. The van der Waals surface area contributed by atoms with Crippen LogP contribution < -0.4 is 0 Å². The molecule has 0 aromatic carbocycles. The fourth-order valence-corrected chi connectivity index (χ4v) is 4.01. The summed E-state index contributed by atoms with van der Waals surface area (Å²) in [7, 11) is 0. The largest absolute Gasteiger partial charge is 0.127 e. The summed E-state index contributed by atoms with van der Waals surface area (Å²) in [6.45, 7) is 4.51. The molecule has 0 saturated heterocycles. The van der Waals surface area contributed by atoms with Gasteiger partial charge in [-0.2, -0.15) is 0 Å². The molecule has 0 aromatic rings. The van der Waals surface area contributed by atoms with E-state index < -0.39 is 0 Å². The van der Waals surface area contributed by atoms with E-state index >= 15 is 0 Å². The Morgan fingerprint density at radius 3 is 2.29 bits per heavy atom. The van der Waals surface area contributed by atoms with Crippen molar-refractivity contribution >= 4 is 29.1 Å². The summed E-state index contributed by atoms with van der Waals surface area (Å²) in [5, 5.41) is 0. The summed E-state index contributed by atoms with van der Waals surface area (Å²) in [5.41, 5.74) is 0. The molecule has 0 aliphatic rings. The summed E-state index contributed by atoms with van der Waals surface area (Å²) >= 11 is 4.04. The molecule has 0 fully saturated rings. The fraction of sp³-hybridized carbons (Fsp3) is 1.00. The Bertz CT molecular complexity index is 40.7. The van der Waals surface area contributed by atoms with Gasteiger partial charge in [-0.1, -0.05) is 6.92 Å². The molecule has 7 heavy (non-hydrogen) atoms. The van der Waals surface area contributed by atoms with Crippen LogP contribution >= 0.6 is 29.1 Å². The van der Waals surface area contributed by atoms with Crippen LogP contribution in [0.2, 0.25) is 0 Å². The van der Waals surface area contributed by atoms with Gasteiger partial charge in [0.1, 0.15) is 0 Å². The van der Waals surface area contributed by atoms with Gasteiger partial charge in [0.05, 0.1) is 0 Å². The van der Waals surface area contributed by atoms with Crippen molar-refractivity contribution in [2.45, 2.75) is 6.92 Å². The molecule has 0 rings (SSSR count). The van der Waals surface area contributed by atoms with Crippen LogP contribution in [0.25, 0.3) is 0 Å². The van der Waals surface area contributed by atoms with Gasteiger partial charge >= 0.3 is 0 Å². The minimum atomic E-state index is 0.255. The van der Waals surface area contributed by atoms with E-state index in [0.29, 0.717) is 0 Å². The zero-order valence-corrected chi connectivity index (χ0v) is 7.50. The van der Waals surface area contributed by atoms with Crippen molar-refractivity contribution in [1.29, 1.82) is 0 Å². The molecular formula is C4H11PS2. The molecule has 1 atom stereocenters. The van der Waals surface area contributed by atoms with E-state index in [1.165, 1.54) is 5.75 Å². The molecule has 0 radical (unpaired) electrons. The van der Waals surface area contributed by atoms with Crippen molar-refractivity contribution in [1.82, 2.24) is 0 Å². The summed E-state index contributed by atoms with van der Waals surface area (Å²) in [6, 6.07) is 0. The SMILES string of the molecule is CCSP(C)SC. The first-order valence-corrected chi connectivity index (χ1v) is 7.43. The fourth-order valence-electron chi connectivity index (χ4n) is 0.235. The molecule has 0 heterocycles. The van der Waals surface area contributed by atoms with Gasteiger partial charge in [-0.15, -0.1) is 22.8 Å². The Morgan fingerprint density at radius 1 is 1.57 bits per heavy atom. The highest BCUT2D eigenvalue weighted by Gasteiger charge is 1.92. The second-order valence-electron chi connectivity index (χ2n) is 1.04. The van der Waals surface area contributed by atoms with Gasteiger partial charge in [0.2, 0.25) is 0 Å². The van der Waals surface area contributed by atoms with Crippen molar-refractivity contribution in [3.8, 4) is 0 Å². The highest BCUT2D eigenvalue weighted by Crippen LogP contribution is 2.55. The zero-order valence-electron chi connectivity index (χ0n) is 4.97. The van der Waals surface area contributed by atoms with Crippen molar-refractivity contribution < 1.29 is 0 Å². The molecule has 0 nitrogen and oxygen atoms in total. The molecule has 0 aromatic heterocycles. The molecule has 0 aliphatic carbocycles. The summed E-state index contributed by atoms with van der Waals surface area (Å²) in [5.74, 6) is 1.27. The van der Waals surface area contributed by atoms with Crippen molar-refractivity contribution in [2.24, 2.45) is 0 Å². The van der Waals surface area contributed by atoms with Crippen molar-refractivity contribution in [3.05, 3.63) is 0 Å². The molecule has 1 unspecified atom stereocenters. The second-order valence-corrected chi connectivity index (χ2v) is 8.97. The first-order valence-electron chi connectivity index (χ1n) is 2.22. The lowest BCUT2D eigenvalue weighted by Crippen LogP contribution is -1.58. The Labute approximate surface area is 55.1 Å². The van der Waals surface area contributed by atoms with E-state index in [1.54, 1.807) is 0 Å². The smallest absolute Gasteiger partial charge is 0.00872 e. The van der Waals surface area contributed by atoms with Crippen molar-refractivity contribution in [3.63, 3.8) is 0 Å². The maximum absolute atomic E-state index is 2.30. The molecule has 44 valence electrons. The third-order valence-corrected chi connectivity index (χ3v) is 7.40. The van der Waals surface area contributed by atoms with E-state index in [9.17, 15) is 0 Å². The topological polar surface area (TPSA) is 0 Å². The monoisotopic (exact) mass is 154 g/mol. The highest BCUT2D eigenvalue weighted by molar-refractivity contribution is 8.88. The van der Waals surface area contributed by atoms with Crippen LogP contribution in [0.3, 0.4) is 0 Å². The molecule has 0 spiro atoms. The van der Waals surface area contributed by atoms with Gasteiger partial charge in [0, 0.05) is 6.33 Å². The lowest BCUT2D eigenvalue weighted by atomic mass is 11.0. The van der Waals surface area contributed by atoms with Crippen molar-refractivity contribution in [2.75, 3.05) is 18.7 Å². The van der Waals surface area contributed by atoms with Gasteiger partial charge in [0.25, 0.3) is 0 Å². The summed E-state index contributed by atoms with van der Waals surface area (Å²) in [4.78, 5) is 0. The minimum Gasteiger partial charge on any atom is -0.127 e. The highest BCUT2D eigenvalue weighted by atomic mass is 33.1. The third-order valence-electron chi connectivity index (χ3n) is 0.568. The first kappa shape index (κ1) is 8.13. The molecule has 0 bridgehead atoms. The minimum absolute atomic E-state index is 0.255. The van der Waals surface area contributed by atoms with Crippen LogP contribution in [0, 0.1) is 0 Å². The Hall–Kier alpha value is 1.13. The van der Waals surface area contributed by atoms with Crippen LogP contribution in [0.1, 0.15) is 6.92 Å². The molecule has 0 saturated carbocycles. The Balaban J connectivity index is 2.83. The lowest BCUT2D eigenvalue weighted by molar-refractivity contribution is 1.54. The Kier molecular flexibility index (Phi) is 6.12. The van der Waals surface area contributed by atoms with Gasteiger partial charge in [-0.25, -0.2) is 0 Å². The van der Waals surface area contributed by atoms with E-state index in [2.05, 4.69) is 31.2 Å². The van der Waals surface area contributed by atoms with Gasteiger partial charge in [-0.3, -0.25) is 0 Å². The summed E-state index contributed by atoms with van der Waals surface area (Å²) in [6.07, 6.45) is 2.43. The molecule has 3 heteroatoms. The van der Waals surface area contributed by atoms with Gasteiger partial charge in [0.15, 0.2) is 0 Å². The number of hydrogen-bond acceptors (Lipinski definition) is 2. The lowest BCUT2D eigenvalue weighted by Gasteiger charge is -2.02. The molecule has 0 N–H and O–H groups in total. The van der Waals surface area contributed by atoms with Crippen LogP contribution in [-0.4, -0.2) is 18.7 Å². The maximum atomic E-state index is 2.30. The average molecular weight is 154 g/mol. The molecular weight excluding hydrogens is 143 g/mol. The van der Waals surface area contributed by atoms with Gasteiger partial charge in [-0.05, 0) is 18.7 Å². The Morgan fingerprint density at radius 2 is 2.14 bits per heavy atom. The quantitative estimate of drug-likeness (QED) is 0.573. The van der Waals surface area contributed by atoms with Crippen LogP contribution in [0.15, 0.2) is 0 Å². The maximum Gasteiger partial charge on any atom is 0.00872 e.